The summed E-state index contributed by atoms with van der Waals surface area (Å²) in [6.07, 6.45) is 7.83. The molecule has 0 heterocycles. The first-order valence-corrected chi connectivity index (χ1v) is 7.32. The molecule has 0 aliphatic carbocycles. The first-order chi connectivity index (χ1) is 8.57. The normalized spacial score (nSPS) is 12.3. The van der Waals surface area contributed by atoms with Gasteiger partial charge in [0.05, 0.1) is 6.04 Å². The van der Waals surface area contributed by atoms with Crippen LogP contribution in [0.3, 0.4) is 0 Å². The van der Waals surface area contributed by atoms with Gasteiger partial charge in [0, 0.05) is 18.6 Å². The molecule has 0 fully saturated rings. The van der Waals surface area contributed by atoms with Gasteiger partial charge in [-0.15, -0.1) is 0 Å². The quantitative estimate of drug-likeness (QED) is 0.377. The minimum Gasteiger partial charge on any atom is -0.481 e. The van der Waals surface area contributed by atoms with E-state index < -0.39 is 12.0 Å². The van der Waals surface area contributed by atoms with Crippen LogP contribution in [0, 0.1) is 0 Å². The molecule has 0 rings (SSSR count). The van der Waals surface area contributed by atoms with E-state index in [1.807, 2.05) is 0 Å². The molecule has 0 spiro atoms. The Balaban J connectivity index is 3.21. The number of carboxylic acids is 1. The number of ketones is 1. The summed E-state index contributed by atoms with van der Waals surface area (Å²) in [7, 11) is 0. The van der Waals surface area contributed by atoms with Crippen LogP contribution < -0.4 is 5.73 Å². The zero-order valence-electron chi connectivity index (χ0n) is 10.9. The molecule has 0 radical (unpaired) electrons. The fraction of sp³-hybridized carbons (Fsp3) is 0.846. The molecule has 0 amide bonds. The predicted molar refractivity (Wildman–Crippen MR) is 76.0 cm³/mol. The predicted octanol–water partition coefficient (Wildman–Crippen LogP) is 2.41. The second-order valence-electron chi connectivity index (χ2n) is 4.62. The molecule has 0 saturated carbocycles. The van der Waals surface area contributed by atoms with Crippen molar-refractivity contribution in [2.24, 2.45) is 5.73 Å². The molecular formula is C13H25NO3S. The molecule has 0 saturated heterocycles. The lowest BCUT2D eigenvalue weighted by Crippen LogP contribution is -2.31. The van der Waals surface area contributed by atoms with Crippen LogP contribution in [0.15, 0.2) is 0 Å². The first kappa shape index (κ1) is 17.4. The molecule has 0 aromatic carbocycles. The fourth-order valence-corrected chi connectivity index (χ4v) is 1.95. The average Bonchev–Trinajstić information content (AvgIpc) is 2.35. The molecular weight excluding hydrogens is 250 g/mol. The van der Waals surface area contributed by atoms with Crippen LogP contribution in [0.1, 0.15) is 57.8 Å². The molecule has 0 aromatic heterocycles. The Morgan fingerprint density at radius 2 is 1.39 bits per heavy atom. The smallest absolute Gasteiger partial charge is 0.303 e. The molecule has 0 aliphatic rings. The molecule has 1 unspecified atom stereocenters. The average molecular weight is 275 g/mol. The number of carbonyl (C=O) groups excluding carboxylic acids is 1. The van der Waals surface area contributed by atoms with Crippen molar-refractivity contribution in [3.05, 3.63) is 0 Å². The summed E-state index contributed by atoms with van der Waals surface area (Å²) in [5.41, 5.74) is 5.56. The molecule has 4 nitrogen and oxygen atoms in total. The third-order valence-corrected chi connectivity index (χ3v) is 3.32. The maximum Gasteiger partial charge on any atom is 0.303 e. The Morgan fingerprint density at radius 3 is 1.83 bits per heavy atom. The van der Waals surface area contributed by atoms with Gasteiger partial charge < -0.3 is 10.8 Å². The van der Waals surface area contributed by atoms with Crippen molar-refractivity contribution in [1.82, 2.24) is 0 Å². The molecule has 5 heteroatoms. The van der Waals surface area contributed by atoms with Crippen molar-refractivity contribution in [3.63, 3.8) is 0 Å². The van der Waals surface area contributed by atoms with E-state index in [4.69, 9.17) is 10.8 Å². The monoisotopic (exact) mass is 275 g/mol. The van der Waals surface area contributed by atoms with Crippen molar-refractivity contribution in [1.29, 1.82) is 0 Å². The number of carbonyl (C=O) groups is 2. The Hall–Kier alpha value is -0.550. The highest BCUT2D eigenvalue weighted by Gasteiger charge is 2.10. The van der Waals surface area contributed by atoms with Crippen molar-refractivity contribution in [2.45, 2.75) is 63.8 Å². The number of thiol groups is 1. The highest BCUT2D eigenvalue weighted by molar-refractivity contribution is 7.80. The van der Waals surface area contributed by atoms with Crippen molar-refractivity contribution in [2.75, 3.05) is 5.75 Å². The molecule has 18 heavy (non-hydrogen) atoms. The lowest BCUT2D eigenvalue weighted by atomic mass is 10.0. The van der Waals surface area contributed by atoms with Gasteiger partial charge in [0.15, 0.2) is 0 Å². The first-order valence-electron chi connectivity index (χ1n) is 6.69. The van der Waals surface area contributed by atoms with Gasteiger partial charge >= 0.3 is 5.97 Å². The Morgan fingerprint density at radius 1 is 0.944 bits per heavy atom. The van der Waals surface area contributed by atoms with Gasteiger partial charge in [-0.25, -0.2) is 0 Å². The van der Waals surface area contributed by atoms with Crippen LogP contribution in [-0.2, 0) is 9.59 Å². The number of aliphatic carboxylic acids is 1. The van der Waals surface area contributed by atoms with E-state index in [1.165, 1.54) is 0 Å². The summed E-state index contributed by atoms with van der Waals surface area (Å²) in [5, 5.41) is 8.46. The fourth-order valence-electron chi connectivity index (χ4n) is 1.75. The minimum atomic E-state index is -0.714. The van der Waals surface area contributed by atoms with Crippen molar-refractivity contribution in [3.8, 4) is 0 Å². The number of rotatable bonds is 12. The number of hydrogen-bond donors (Lipinski definition) is 3. The van der Waals surface area contributed by atoms with Gasteiger partial charge in [0.2, 0.25) is 0 Å². The minimum absolute atomic E-state index is 0.103. The third kappa shape index (κ3) is 10.6. The van der Waals surface area contributed by atoms with Crippen LogP contribution in [0.4, 0.5) is 0 Å². The molecule has 0 bridgehead atoms. The van der Waals surface area contributed by atoms with Gasteiger partial charge in [0.1, 0.15) is 5.78 Å². The topological polar surface area (TPSA) is 80.4 Å². The van der Waals surface area contributed by atoms with E-state index in [-0.39, 0.29) is 12.2 Å². The van der Waals surface area contributed by atoms with Crippen molar-refractivity contribution < 1.29 is 14.7 Å². The summed E-state index contributed by atoms with van der Waals surface area (Å²) < 4.78 is 0. The van der Waals surface area contributed by atoms with Gasteiger partial charge in [-0.1, -0.05) is 32.1 Å². The molecule has 106 valence electrons. The highest BCUT2D eigenvalue weighted by Crippen LogP contribution is 2.10. The SMILES string of the molecule is NC(CS)C(=O)CCCCCCCCCC(=O)O. The standard InChI is InChI=1S/C13H25NO3S/c14-11(10-18)12(15)8-6-4-2-1-3-5-7-9-13(16)17/h11,18H,1-10,14H2,(H,16,17). The summed E-state index contributed by atoms with van der Waals surface area (Å²) in [4.78, 5) is 21.7. The number of Topliss-reactive ketones (excluding diaryl/α,β-unsaturated/α-hetero) is 1. The van der Waals surface area contributed by atoms with E-state index in [1.54, 1.807) is 0 Å². The van der Waals surface area contributed by atoms with Crippen LogP contribution in [0.25, 0.3) is 0 Å². The van der Waals surface area contributed by atoms with Gasteiger partial charge in [-0.05, 0) is 12.8 Å². The summed E-state index contributed by atoms with van der Waals surface area (Å²) in [5.74, 6) is -0.192. The zero-order valence-corrected chi connectivity index (χ0v) is 11.8. The van der Waals surface area contributed by atoms with Gasteiger partial charge in [-0.2, -0.15) is 12.6 Å². The number of nitrogens with two attached hydrogens (primary N) is 1. The number of carboxylic acid groups (broad SMARTS) is 1. The molecule has 0 aromatic rings. The van der Waals surface area contributed by atoms with E-state index in [2.05, 4.69) is 12.6 Å². The van der Waals surface area contributed by atoms with Gasteiger partial charge in [-0.3, -0.25) is 9.59 Å². The summed E-state index contributed by atoms with van der Waals surface area (Å²) >= 11 is 3.99. The highest BCUT2D eigenvalue weighted by atomic mass is 32.1. The summed E-state index contributed by atoms with van der Waals surface area (Å²) in [6.45, 7) is 0. The Labute approximate surface area is 115 Å². The number of unbranched alkanes of at least 4 members (excludes halogenated alkanes) is 6. The third-order valence-electron chi connectivity index (χ3n) is 2.92. The van der Waals surface area contributed by atoms with Crippen LogP contribution in [0.2, 0.25) is 0 Å². The van der Waals surface area contributed by atoms with E-state index in [9.17, 15) is 9.59 Å². The second-order valence-corrected chi connectivity index (χ2v) is 4.99. The number of hydrogen-bond acceptors (Lipinski definition) is 4. The Kier molecular flexibility index (Phi) is 11.2. The summed E-state index contributed by atoms with van der Waals surface area (Å²) in [6, 6.07) is -0.413. The maximum atomic E-state index is 11.4. The molecule has 3 N–H and O–H groups in total. The molecule has 1 atom stereocenters. The second kappa shape index (κ2) is 11.5. The van der Waals surface area contributed by atoms with Crippen LogP contribution in [-0.4, -0.2) is 28.7 Å². The van der Waals surface area contributed by atoms with E-state index >= 15 is 0 Å². The van der Waals surface area contributed by atoms with Crippen LogP contribution >= 0.6 is 12.6 Å². The zero-order chi connectivity index (χ0) is 13.8. The largest absolute Gasteiger partial charge is 0.481 e. The maximum absolute atomic E-state index is 11.4. The van der Waals surface area contributed by atoms with Crippen molar-refractivity contribution >= 4 is 24.4 Å². The molecule has 0 aliphatic heterocycles. The lowest BCUT2D eigenvalue weighted by molar-refractivity contribution is -0.137. The van der Waals surface area contributed by atoms with Gasteiger partial charge in [0.25, 0.3) is 0 Å². The van der Waals surface area contributed by atoms with E-state index in [0.29, 0.717) is 12.2 Å². The van der Waals surface area contributed by atoms with Crippen LogP contribution in [0.5, 0.6) is 0 Å². The lowest BCUT2D eigenvalue weighted by Gasteiger charge is -2.06. The Bertz CT molecular complexity index is 246. The van der Waals surface area contributed by atoms with E-state index in [0.717, 1.165) is 44.9 Å².